The Labute approximate surface area is 191 Å². The van der Waals surface area contributed by atoms with Crippen LogP contribution in [0.3, 0.4) is 0 Å². The van der Waals surface area contributed by atoms with Crippen LogP contribution in [0.15, 0.2) is 91.0 Å². The van der Waals surface area contributed by atoms with Crippen LogP contribution in [0.4, 0.5) is 0 Å². The van der Waals surface area contributed by atoms with E-state index in [1.54, 1.807) is 0 Å². The molecule has 1 aliphatic heterocycles. The lowest BCUT2D eigenvalue weighted by Gasteiger charge is -2.25. The molecule has 164 valence electrons. The number of benzene rings is 3. The fraction of sp³-hybridized carbons (Fsp3) is 0.345. The summed E-state index contributed by atoms with van der Waals surface area (Å²) in [6.45, 7) is 3.24. The number of nitrogens with zero attached hydrogens (tertiary/aromatic N) is 1. The van der Waals surface area contributed by atoms with E-state index in [1.807, 2.05) is 24.3 Å². The normalized spacial score (nSPS) is 23.6. The number of hydrogen-bond donors (Lipinski definition) is 1. The highest BCUT2D eigenvalue weighted by Crippen LogP contribution is 2.39. The number of nitrogens with one attached hydrogen (secondary N) is 1. The number of carbonyl (C=O) groups is 1. The maximum atomic E-state index is 13.5. The van der Waals surface area contributed by atoms with Gasteiger partial charge >= 0.3 is 0 Å². The first-order chi connectivity index (χ1) is 15.8. The standard InChI is InChI=1S/C29H32N2O/c32-29(26(24-14-8-3-9-15-24)18-22-10-4-1-5-11-22)30-28-17-16-25-20-31(21-27(25)28)19-23-12-6-2-7-13-23/h1-15,25-28H,16-21H2,(H,30,32). The van der Waals surface area contributed by atoms with E-state index in [4.69, 9.17) is 0 Å². The van der Waals surface area contributed by atoms with E-state index in [-0.39, 0.29) is 17.9 Å². The molecule has 5 rings (SSSR count). The molecule has 4 atom stereocenters. The van der Waals surface area contributed by atoms with E-state index in [2.05, 4.69) is 76.9 Å². The third-order valence-electron chi connectivity index (χ3n) is 7.31. The lowest BCUT2D eigenvalue weighted by Crippen LogP contribution is -2.42. The van der Waals surface area contributed by atoms with Gasteiger partial charge in [-0.15, -0.1) is 0 Å². The summed E-state index contributed by atoms with van der Waals surface area (Å²) < 4.78 is 0. The van der Waals surface area contributed by atoms with E-state index in [9.17, 15) is 4.79 Å². The van der Waals surface area contributed by atoms with E-state index in [0.717, 1.165) is 38.0 Å². The van der Waals surface area contributed by atoms with Crippen LogP contribution in [0.1, 0.15) is 35.4 Å². The van der Waals surface area contributed by atoms with Crippen LogP contribution >= 0.6 is 0 Å². The van der Waals surface area contributed by atoms with Gasteiger partial charge in [-0.05, 0) is 47.8 Å². The summed E-state index contributed by atoms with van der Waals surface area (Å²) in [5.74, 6) is 1.29. The van der Waals surface area contributed by atoms with Crippen molar-refractivity contribution in [3.63, 3.8) is 0 Å². The molecule has 3 nitrogen and oxygen atoms in total. The zero-order valence-electron chi connectivity index (χ0n) is 18.6. The van der Waals surface area contributed by atoms with Gasteiger partial charge in [-0.25, -0.2) is 0 Å². The smallest absolute Gasteiger partial charge is 0.228 e. The Morgan fingerprint density at radius 1 is 0.812 bits per heavy atom. The average molecular weight is 425 g/mol. The molecule has 3 heteroatoms. The Balaban J connectivity index is 1.26. The van der Waals surface area contributed by atoms with Gasteiger partial charge in [-0.1, -0.05) is 91.0 Å². The highest BCUT2D eigenvalue weighted by atomic mass is 16.2. The van der Waals surface area contributed by atoms with Gasteiger partial charge in [0.1, 0.15) is 0 Å². The molecule has 0 aromatic heterocycles. The number of rotatable bonds is 7. The SMILES string of the molecule is O=C(NC1CCC2CN(Cc3ccccc3)CC21)C(Cc1ccccc1)c1ccccc1. The lowest BCUT2D eigenvalue weighted by atomic mass is 9.90. The van der Waals surface area contributed by atoms with Crippen molar-refractivity contribution in [3.05, 3.63) is 108 Å². The van der Waals surface area contributed by atoms with Crippen LogP contribution in [0.5, 0.6) is 0 Å². The molecule has 3 aromatic carbocycles. The molecule has 1 saturated heterocycles. The van der Waals surface area contributed by atoms with Crippen molar-refractivity contribution in [2.75, 3.05) is 13.1 Å². The number of hydrogen-bond acceptors (Lipinski definition) is 2. The topological polar surface area (TPSA) is 32.3 Å². The second-order valence-corrected chi connectivity index (χ2v) is 9.45. The summed E-state index contributed by atoms with van der Waals surface area (Å²) in [7, 11) is 0. The number of amides is 1. The Morgan fingerprint density at radius 3 is 2.12 bits per heavy atom. The molecule has 0 radical (unpaired) electrons. The predicted octanol–water partition coefficient (Wildman–Crippen LogP) is 5.04. The quantitative estimate of drug-likeness (QED) is 0.576. The lowest BCUT2D eigenvalue weighted by molar-refractivity contribution is -0.123. The fourth-order valence-corrected chi connectivity index (χ4v) is 5.69. The summed E-state index contributed by atoms with van der Waals surface area (Å²) in [5, 5.41) is 3.49. The van der Waals surface area contributed by atoms with Crippen LogP contribution in [0.2, 0.25) is 0 Å². The Hall–Kier alpha value is -2.91. The van der Waals surface area contributed by atoms with Gasteiger partial charge in [0.05, 0.1) is 5.92 Å². The molecule has 1 amide bonds. The third kappa shape index (κ3) is 4.78. The second kappa shape index (κ2) is 9.70. The van der Waals surface area contributed by atoms with Crippen molar-refractivity contribution >= 4 is 5.91 Å². The third-order valence-corrected chi connectivity index (χ3v) is 7.31. The first-order valence-corrected chi connectivity index (χ1v) is 11.9. The molecule has 32 heavy (non-hydrogen) atoms. The second-order valence-electron chi connectivity index (χ2n) is 9.45. The van der Waals surface area contributed by atoms with Crippen LogP contribution in [0.25, 0.3) is 0 Å². The number of likely N-dealkylation sites (tertiary alicyclic amines) is 1. The molecule has 1 N–H and O–H groups in total. The largest absolute Gasteiger partial charge is 0.352 e. The first kappa shape index (κ1) is 21.0. The minimum atomic E-state index is -0.153. The predicted molar refractivity (Wildman–Crippen MR) is 129 cm³/mol. The van der Waals surface area contributed by atoms with Crippen molar-refractivity contribution in [1.29, 1.82) is 0 Å². The zero-order valence-corrected chi connectivity index (χ0v) is 18.6. The van der Waals surface area contributed by atoms with Gasteiger partial charge in [0, 0.05) is 25.7 Å². The van der Waals surface area contributed by atoms with Gasteiger partial charge in [-0.2, -0.15) is 0 Å². The molecule has 0 spiro atoms. The minimum absolute atomic E-state index is 0.153. The first-order valence-electron chi connectivity index (χ1n) is 11.9. The molecule has 1 saturated carbocycles. The molecule has 1 aliphatic carbocycles. The van der Waals surface area contributed by atoms with Crippen molar-refractivity contribution < 1.29 is 4.79 Å². The molecule has 4 unspecified atom stereocenters. The van der Waals surface area contributed by atoms with Gasteiger partial charge in [0.25, 0.3) is 0 Å². The molecule has 2 aliphatic rings. The Bertz CT molecular complexity index is 1010. The van der Waals surface area contributed by atoms with Crippen LogP contribution in [0, 0.1) is 11.8 Å². The zero-order chi connectivity index (χ0) is 21.8. The summed E-state index contributed by atoms with van der Waals surface area (Å²) in [6, 6.07) is 31.6. The van der Waals surface area contributed by atoms with E-state index in [0.29, 0.717) is 11.8 Å². The minimum Gasteiger partial charge on any atom is -0.352 e. The van der Waals surface area contributed by atoms with E-state index in [1.165, 1.54) is 17.5 Å². The summed E-state index contributed by atoms with van der Waals surface area (Å²) in [6.07, 6.45) is 3.06. The fourth-order valence-electron chi connectivity index (χ4n) is 5.69. The van der Waals surface area contributed by atoms with Crippen LogP contribution in [-0.2, 0) is 17.8 Å². The average Bonchev–Trinajstić information content (AvgIpc) is 3.40. The number of fused-ring (bicyclic) bond motifs is 1. The van der Waals surface area contributed by atoms with Gasteiger partial charge in [-0.3, -0.25) is 9.69 Å². The van der Waals surface area contributed by atoms with Crippen molar-refractivity contribution in [1.82, 2.24) is 10.2 Å². The van der Waals surface area contributed by atoms with Crippen molar-refractivity contribution in [2.24, 2.45) is 11.8 Å². The Morgan fingerprint density at radius 2 is 1.44 bits per heavy atom. The maximum absolute atomic E-state index is 13.5. The molecule has 3 aromatic rings. The van der Waals surface area contributed by atoms with E-state index < -0.39 is 0 Å². The highest BCUT2D eigenvalue weighted by molar-refractivity contribution is 5.84. The number of carbonyl (C=O) groups excluding carboxylic acids is 1. The molecular weight excluding hydrogens is 392 g/mol. The maximum Gasteiger partial charge on any atom is 0.228 e. The molecule has 0 bridgehead atoms. The monoisotopic (exact) mass is 424 g/mol. The highest BCUT2D eigenvalue weighted by Gasteiger charge is 2.43. The molecular formula is C29H32N2O. The Kier molecular flexibility index (Phi) is 6.36. The summed E-state index contributed by atoms with van der Waals surface area (Å²) in [5.41, 5.74) is 3.68. The summed E-state index contributed by atoms with van der Waals surface area (Å²) >= 11 is 0. The summed E-state index contributed by atoms with van der Waals surface area (Å²) in [4.78, 5) is 16.1. The van der Waals surface area contributed by atoms with E-state index >= 15 is 0 Å². The van der Waals surface area contributed by atoms with Crippen molar-refractivity contribution in [2.45, 2.75) is 37.8 Å². The van der Waals surface area contributed by atoms with Crippen molar-refractivity contribution in [3.8, 4) is 0 Å². The molecule has 2 fully saturated rings. The van der Waals surface area contributed by atoms with Crippen LogP contribution < -0.4 is 5.32 Å². The van der Waals surface area contributed by atoms with Crippen LogP contribution in [-0.4, -0.2) is 29.9 Å². The molecule has 1 heterocycles. The van der Waals surface area contributed by atoms with Gasteiger partial charge in [0.2, 0.25) is 5.91 Å². The van der Waals surface area contributed by atoms with Gasteiger partial charge < -0.3 is 5.32 Å². The van der Waals surface area contributed by atoms with Gasteiger partial charge in [0.15, 0.2) is 0 Å².